The summed E-state index contributed by atoms with van der Waals surface area (Å²) in [7, 11) is 0. The molecule has 1 aromatic rings. The van der Waals surface area contributed by atoms with E-state index in [1.807, 2.05) is 0 Å². The lowest BCUT2D eigenvalue weighted by atomic mass is 10.2. The molecule has 0 aromatic heterocycles. The minimum Gasteiger partial charge on any atom is -0.329 e. The number of nitrogens with one attached hydrogen (secondary N) is 1. The lowest BCUT2D eigenvalue weighted by molar-refractivity contribution is 0.623. The number of nitrogens with two attached hydrogens (primary N) is 1. The fraction of sp³-hybridized carbons (Fsp3) is 0.333. The summed E-state index contributed by atoms with van der Waals surface area (Å²) in [6.45, 7) is 2.08. The molecule has 2 nitrogen and oxygen atoms in total. The highest BCUT2D eigenvalue weighted by atomic mass is 79.9. The number of benzene rings is 1. The molecule has 0 saturated heterocycles. The molecule has 0 atom stereocenters. The van der Waals surface area contributed by atoms with Gasteiger partial charge in [-0.15, -0.1) is 0 Å². The van der Waals surface area contributed by atoms with E-state index < -0.39 is 0 Å². The zero-order valence-electron chi connectivity index (χ0n) is 7.19. The van der Waals surface area contributed by atoms with Crippen LogP contribution in [0.4, 0.5) is 4.39 Å². The highest BCUT2D eigenvalue weighted by molar-refractivity contribution is 9.10. The van der Waals surface area contributed by atoms with Crippen molar-refractivity contribution in [3.63, 3.8) is 0 Å². The van der Waals surface area contributed by atoms with E-state index in [1.165, 1.54) is 12.1 Å². The van der Waals surface area contributed by atoms with Gasteiger partial charge < -0.3 is 11.1 Å². The molecule has 0 aliphatic heterocycles. The summed E-state index contributed by atoms with van der Waals surface area (Å²) >= 11 is 3.29. The van der Waals surface area contributed by atoms with E-state index in [-0.39, 0.29) is 5.82 Å². The Morgan fingerprint density at radius 3 is 2.85 bits per heavy atom. The third kappa shape index (κ3) is 3.42. The van der Waals surface area contributed by atoms with Gasteiger partial charge in [-0.05, 0) is 17.7 Å². The molecule has 0 aliphatic rings. The Morgan fingerprint density at radius 2 is 2.23 bits per heavy atom. The fourth-order valence-corrected chi connectivity index (χ4v) is 1.48. The van der Waals surface area contributed by atoms with Crippen LogP contribution in [-0.2, 0) is 6.54 Å². The van der Waals surface area contributed by atoms with Crippen LogP contribution in [0.25, 0.3) is 0 Å². The molecule has 1 aromatic carbocycles. The SMILES string of the molecule is NCCNCc1ccc(F)cc1Br. The van der Waals surface area contributed by atoms with Crippen LogP contribution in [0, 0.1) is 5.82 Å². The third-order valence-electron chi connectivity index (χ3n) is 1.65. The third-order valence-corrected chi connectivity index (χ3v) is 2.39. The first-order valence-electron chi connectivity index (χ1n) is 4.08. The summed E-state index contributed by atoms with van der Waals surface area (Å²) in [6.07, 6.45) is 0. The maximum atomic E-state index is 12.7. The monoisotopic (exact) mass is 246 g/mol. The van der Waals surface area contributed by atoms with E-state index in [0.717, 1.165) is 16.6 Å². The van der Waals surface area contributed by atoms with Crippen molar-refractivity contribution in [1.82, 2.24) is 5.32 Å². The molecule has 0 bridgehead atoms. The van der Waals surface area contributed by atoms with Gasteiger partial charge in [-0.2, -0.15) is 0 Å². The Bertz CT molecular complexity index is 278. The predicted molar refractivity (Wildman–Crippen MR) is 54.9 cm³/mol. The van der Waals surface area contributed by atoms with E-state index in [1.54, 1.807) is 6.07 Å². The van der Waals surface area contributed by atoms with Crippen LogP contribution in [0.3, 0.4) is 0 Å². The van der Waals surface area contributed by atoms with Gasteiger partial charge in [-0.1, -0.05) is 22.0 Å². The Balaban J connectivity index is 2.56. The molecule has 13 heavy (non-hydrogen) atoms. The lowest BCUT2D eigenvalue weighted by Gasteiger charge is -2.05. The van der Waals surface area contributed by atoms with E-state index in [9.17, 15) is 4.39 Å². The van der Waals surface area contributed by atoms with Crippen molar-refractivity contribution < 1.29 is 4.39 Å². The molecular weight excluding hydrogens is 235 g/mol. The lowest BCUT2D eigenvalue weighted by Crippen LogP contribution is -2.22. The van der Waals surface area contributed by atoms with E-state index in [4.69, 9.17) is 5.73 Å². The number of hydrogen-bond donors (Lipinski definition) is 2. The maximum absolute atomic E-state index is 12.7. The Morgan fingerprint density at radius 1 is 1.46 bits per heavy atom. The molecule has 1 rings (SSSR count). The number of rotatable bonds is 4. The van der Waals surface area contributed by atoms with Crippen LogP contribution in [0.2, 0.25) is 0 Å². The molecule has 0 fully saturated rings. The molecule has 0 unspecified atom stereocenters. The summed E-state index contributed by atoms with van der Waals surface area (Å²) < 4.78 is 13.5. The largest absolute Gasteiger partial charge is 0.329 e. The topological polar surface area (TPSA) is 38.0 Å². The van der Waals surface area contributed by atoms with Crippen molar-refractivity contribution >= 4 is 15.9 Å². The van der Waals surface area contributed by atoms with Crippen molar-refractivity contribution in [2.75, 3.05) is 13.1 Å². The van der Waals surface area contributed by atoms with Gasteiger partial charge in [0.15, 0.2) is 0 Å². The van der Waals surface area contributed by atoms with E-state index in [0.29, 0.717) is 13.1 Å². The van der Waals surface area contributed by atoms with Crippen molar-refractivity contribution in [1.29, 1.82) is 0 Å². The van der Waals surface area contributed by atoms with Gasteiger partial charge in [-0.3, -0.25) is 0 Å². The summed E-state index contributed by atoms with van der Waals surface area (Å²) in [5.41, 5.74) is 6.36. The molecule has 0 spiro atoms. The van der Waals surface area contributed by atoms with Crippen LogP contribution in [0.1, 0.15) is 5.56 Å². The second-order valence-electron chi connectivity index (χ2n) is 2.70. The van der Waals surface area contributed by atoms with E-state index >= 15 is 0 Å². The van der Waals surface area contributed by atoms with Crippen molar-refractivity contribution in [3.05, 3.63) is 34.1 Å². The summed E-state index contributed by atoms with van der Waals surface area (Å²) in [5, 5.41) is 3.13. The average molecular weight is 247 g/mol. The fourth-order valence-electron chi connectivity index (χ4n) is 0.990. The van der Waals surface area contributed by atoms with Crippen LogP contribution in [0.15, 0.2) is 22.7 Å². The zero-order valence-corrected chi connectivity index (χ0v) is 8.77. The number of hydrogen-bond acceptors (Lipinski definition) is 2. The minimum atomic E-state index is -0.227. The highest BCUT2D eigenvalue weighted by Crippen LogP contribution is 2.17. The summed E-state index contributed by atoms with van der Waals surface area (Å²) in [6, 6.07) is 4.66. The van der Waals surface area contributed by atoms with Crippen molar-refractivity contribution in [3.8, 4) is 0 Å². The smallest absolute Gasteiger partial charge is 0.124 e. The van der Waals surface area contributed by atoms with Gasteiger partial charge >= 0.3 is 0 Å². The van der Waals surface area contributed by atoms with Gasteiger partial charge in [0.1, 0.15) is 5.82 Å². The molecule has 0 heterocycles. The standard InChI is InChI=1S/C9H12BrFN2/c10-9-5-8(11)2-1-7(9)6-13-4-3-12/h1-2,5,13H,3-4,6,12H2. The van der Waals surface area contributed by atoms with Crippen LogP contribution in [-0.4, -0.2) is 13.1 Å². The predicted octanol–water partition coefficient (Wildman–Crippen LogP) is 1.64. The van der Waals surface area contributed by atoms with Gasteiger partial charge in [0.2, 0.25) is 0 Å². The first-order chi connectivity index (χ1) is 6.24. The zero-order chi connectivity index (χ0) is 9.68. The minimum absolute atomic E-state index is 0.227. The highest BCUT2D eigenvalue weighted by Gasteiger charge is 1.99. The van der Waals surface area contributed by atoms with E-state index in [2.05, 4.69) is 21.2 Å². The van der Waals surface area contributed by atoms with Gasteiger partial charge in [0.25, 0.3) is 0 Å². The average Bonchev–Trinajstić information content (AvgIpc) is 2.09. The first-order valence-corrected chi connectivity index (χ1v) is 4.88. The van der Waals surface area contributed by atoms with Gasteiger partial charge in [0.05, 0.1) is 0 Å². The van der Waals surface area contributed by atoms with Gasteiger partial charge in [0, 0.05) is 24.1 Å². The number of halogens is 2. The Hall–Kier alpha value is -0.450. The second kappa shape index (κ2) is 5.32. The molecule has 4 heteroatoms. The maximum Gasteiger partial charge on any atom is 0.124 e. The quantitative estimate of drug-likeness (QED) is 0.794. The van der Waals surface area contributed by atoms with Crippen LogP contribution >= 0.6 is 15.9 Å². The summed E-state index contributed by atoms with van der Waals surface area (Å²) in [4.78, 5) is 0. The molecule has 0 radical (unpaired) electrons. The summed E-state index contributed by atoms with van der Waals surface area (Å²) in [5.74, 6) is -0.227. The Kier molecular flexibility index (Phi) is 4.35. The molecule has 0 aliphatic carbocycles. The van der Waals surface area contributed by atoms with Gasteiger partial charge in [-0.25, -0.2) is 4.39 Å². The molecule has 0 saturated carbocycles. The molecule has 3 N–H and O–H groups in total. The van der Waals surface area contributed by atoms with Crippen molar-refractivity contribution in [2.24, 2.45) is 5.73 Å². The van der Waals surface area contributed by atoms with Crippen LogP contribution < -0.4 is 11.1 Å². The molecule has 72 valence electrons. The van der Waals surface area contributed by atoms with Crippen molar-refractivity contribution in [2.45, 2.75) is 6.54 Å². The second-order valence-corrected chi connectivity index (χ2v) is 3.56. The molecular formula is C9H12BrFN2. The normalized spacial score (nSPS) is 10.4. The van der Waals surface area contributed by atoms with Crippen LogP contribution in [0.5, 0.6) is 0 Å². The first kappa shape index (κ1) is 10.6. The molecule has 0 amide bonds. The Labute approximate surface area is 85.4 Å².